The third-order valence-electron chi connectivity index (χ3n) is 1.98. The Balaban J connectivity index is 2.84. The first-order valence-corrected chi connectivity index (χ1v) is 4.58. The van der Waals surface area contributed by atoms with E-state index in [0.717, 1.165) is 0 Å². The minimum Gasteiger partial charge on any atom is -0.478 e. The second-order valence-electron chi connectivity index (χ2n) is 2.96. The van der Waals surface area contributed by atoms with Crippen LogP contribution in [0.5, 0.6) is 0 Å². The Hall–Kier alpha value is -1.91. The topological polar surface area (TPSA) is 72.2 Å². The van der Waals surface area contributed by atoms with E-state index in [0.29, 0.717) is 12.0 Å². The summed E-state index contributed by atoms with van der Waals surface area (Å²) in [7, 11) is 0. The lowest BCUT2D eigenvalue weighted by Gasteiger charge is -2.01. The number of hydrogen-bond acceptors (Lipinski definition) is 3. The highest BCUT2D eigenvalue weighted by Crippen LogP contribution is 2.00. The zero-order valence-electron chi connectivity index (χ0n) is 8.38. The number of allylic oxidation sites excluding steroid dienone is 1. The second kappa shape index (κ2) is 5.09. The first kappa shape index (κ1) is 11.2. The van der Waals surface area contributed by atoms with Gasteiger partial charge in [0.15, 0.2) is 0 Å². The quantitative estimate of drug-likeness (QED) is 0.738. The molecule has 5 heteroatoms. The van der Waals surface area contributed by atoms with Crippen molar-refractivity contribution in [1.82, 2.24) is 9.55 Å². The van der Waals surface area contributed by atoms with Crippen molar-refractivity contribution in [2.75, 3.05) is 0 Å². The highest BCUT2D eigenvalue weighted by Gasteiger charge is 2.03. The zero-order chi connectivity index (χ0) is 11.3. The molecule has 0 fully saturated rings. The highest BCUT2D eigenvalue weighted by atomic mass is 16.4. The van der Waals surface area contributed by atoms with Crippen LogP contribution in [0.25, 0.3) is 0 Å². The Bertz CT molecular complexity index is 434. The van der Waals surface area contributed by atoms with Gasteiger partial charge in [0.2, 0.25) is 0 Å². The highest BCUT2D eigenvalue weighted by molar-refractivity contribution is 5.86. The van der Waals surface area contributed by atoms with E-state index in [4.69, 9.17) is 5.11 Å². The van der Waals surface area contributed by atoms with E-state index in [1.54, 1.807) is 6.92 Å². The summed E-state index contributed by atoms with van der Waals surface area (Å²) >= 11 is 0. The van der Waals surface area contributed by atoms with Gasteiger partial charge in [-0.15, -0.1) is 0 Å². The lowest BCUT2D eigenvalue weighted by Crippen LogP contribution is -2.18. The molecular formula is C10H12N2O3. The van der Waals surface area contributed by atoms with Crippen LogP contribution in [0.3, 0.4) is 0 Å². The molecule has 0 atom stereocenters. The molecule has 0 unspecified atom stereocenters. The third kappa shape index (κ3) is 3.05. The van der Waals surface area contributed by atoms with E-state index in [2.05, 4.69) is 4.98 Å². The summed E-state index contributed by atoms with van der Waals surface area (Å²) in [5, 5.41) is 8.75. The van der Waals surface area contributed by atoms with E-state index < -0.39 is 5.97 Å². The van der Waals surface area contributed by atoms with Crippen LogP contribution in [-0.4, -0.2) is 20.6 Å². The molecule has 1 heterocycles. The number of aliphatic carboxylic acids is 1. The van der Waals surface area contributed by atoms with Crippen molar-refractivity contribution >= 4 is 5.97 Å². The molecule has 0 saturated heterocycles. The molecule has 1 rings (SSSR count). The molecule has 0 saturated carbocycles. The number of carboxylic acid groups (broad SMARTS) is 1. The zero-order valence-corrected chi connectivity index (χ0v) is 8.38. The van der Waals surface area contributed by atoms with Gasteiger partial charge in [-0.05, 0) is 6.42 Å². The maximum Gasteiger partial charge on any atom is 0.331 e. The van der Waals surface area contributed by atoms with E-state index in [-0.39, 0.29) is 12.1 Å². The molecule has 0 aliphatic rings. The Morgan fingerprint density at radius 3 is 2.93 bits per heavy atom. The lowest BCUT2D eigenvalue weighted by atomic mass is 10.2. The molecule has 0 aromatic carbocycles. The number of rotatable bonds is 4. The molecule has 0 amide bonds. The molecule has 0 spiro atoms. The molecule has 1 aromatic rings. The predicted octanol–water partition coefficient (Wildman–Crippen LogP) is 0.664. The molecule has 15 heavy (non-hydrogen) atoms. The molecule has 0 bridgehead atoms. The van der Waals surface area contributed by atoms with Crippen molar-refractivity contribution in [2.45, 2.75) is 19.9 Å². The van der Waals surface area contributed by atoms with Crippen molar-refractivity contribution in [2.24, 2.45) is 0 Å². The van der Waals surface area contributed by atoms with E-state index >= 15 is 0 Å². The summed E-state index contributed by atoms with van der Waals surface area (Å²) in [6.45, 7) is 1.99. The molecule has 0 aliphatic carbocycles. The smallest absolute Gasteiger partial charge is 0.331 e. The van der Waals surface area contributed by atoms with Crippen LogP contribution in [0.4, 0.5) is 0 Å². The lowest BCUT2D eigenvalue weighted by molar-refractivity contribution is -0.132. The van der Waals surface area contributed by atoms with Crippen molar-refractivity contribution in [1.29, 1.82) is 0 Å². The summed E-state index contributed by atoms with van der Waals surface area (Å²) < 4.78 is 1.35. The van der Waals surface area contributed by atoms with Gasteiger partial charge in [-0.3, -0.25) is 9.36 Å². The maximum atomic E-state index is 11.2. The molecule has 5 nitrogen and oxygen atoms in total. The van der Waals surface area contributed by atoms with Gasteiger partial charge in [-0.1, -0.05) is 13.0 Å². The SMILES string of the molecule is CCC(=CCn1cnccc1=O)C(=O)O. The third-order valence-corrected chi connectivity index (χ3v) is 1.98. The summed E-state index contributed by atoms with van der Waals surface area (Å²) in [5.74, 6) is -0.950. The number of nitrogens with zero attached hydrogens (tertiary/aromatic N) is 2. The Morgan fingerprint density at radius 1 is 1.67 bits per heavy atom. The van der Waals surface area contributed by atoms with Gasteiger partial charge in [0.05, 0.1) is 6.33 Å². The van der Waals surface area contributed by atoms with Gasteiger partial charge in [-0.2, -0.15) is 0 Å². The van der Waals surface area contributed by atoms with Crippen LogP contribution in [0.1, 0.15) is 13.3 Å². The number of carboxylic acids is 1. The van der Waals surface area contributed by atoms with Gasteiger partial charge in [-0.25, -0.2) is 9.78 Å². The van der Waals surface area contributed by atoms with Gasteiger partial charge >= 0.3 is 5.97 Å². The Labute approximate surface area is 86.7 Å². The van der Waals surface area contributed by atoms with Crippen molar-refractivity contribution in [3.63, 3.8) is 0 Å². The van der Waals surface area contributed by atoms with Crippen LogP contribution >= 0.6 is 0 Å². The number of aromatic nitrogens is 2. The fourth-order valence-corrected chi connectivity index (χ4v) is 1.11. The molecule has 0 radical (unpaired) electrons. The van der Waals surface area contributed by atoms with Crippen LogP contribution < -0.4 is 5.56 Å². The first-order chi connectivity index (χ1) is 7.15. The molecule has 0 aliphatic heterocycles. The van der Waals surface area contributed by atoms with E-state index in [9.17, 15) is 9.59 Å². The molecule has 1 N–H and O–H groups in total. The van der Waals surface area contributed by atoms with Gasteiger partial charge < -0.3 is 5.11 Å². The largest absolute Gasteiger partial charge is 0.478 e. The average Bonchev–Trinajstić information content (AvgIpc) is 2.21. The number of hydrogen-bond donors (Lipinski definition) is 1. The van der Waals surface area contributed by atoms with E-state index in [1.165, 1.54) is 29.2 Å². The van der Waals surface area contributed by atoms with Crippen molar-refractivity contribution in [3.05, 3.63) is 40.6 Å². The van der Waals surface area contributed by atoms with E-state index in [1.807, 2.05) is 0 Å². The number of carbonyl (C=O) groups is 1. The van der Waals surface area contributed by atoms with Gasteiger partial charge in [0.1, 0.15) is 0 Å². The van der Waals surface area contributed by atoms with Crippen molar-refractivity contribution < 1.29 is 9.90 Å². The Kier molecular flexibility index (Phi) is 3.79. The van der Waals surface area contributed by atoms with Crippen LogP contribution in [0, 0.1) is 0 Å². The summed E-state index contributed by atoms with van der Waals surface area (Å²) in [6, 6.07) is 1.33. The monoisotopic (exact) mass is 208 g/mol. The van der Waals surface area contributed by atoms with Crippen molar-refractivity contribution in [3.8, 4) is 0 Å². The summed E-state index contributed by atoms with van der Waals surface area (Å²) in [6.07, 6.45) is 4.74. The maximum absolute atomic E-state index is 11.2. The second-order valence-corrected chi connectivity index (χ2v) is 2.96. The minimum absolute atomic E-state index is 0.193. The fraction of sp³-hybridized carbons (Fsp3) is 0.300. The predicted molar refractivity (Wildman–Crippen MR) is 54.5 cm³/mol. The first-order valence-electron chi connectivity index (χ1n) is 4.58. The molecular weight excluding hydrogens is 196 g/mol. The standard InChI is InChI=1S/C10H12N2O3/c1-2-8(10(14)15)4-6-12-7-11-5-3-9(12)13/h3-5,7H,2,6H2,1H3,(H,14,15). The van der Waals surface area contributed by atoms with Crippen LogP contribution in [-0.2, 0) is 11.3 Å². The fourth-order valence-electron chi connectivity index (χ4n) is 1.11. The summed E-state index contributed by atoms with van der Waals surface area (Å²) in [4.78, 5) is 25.7. The van der Waals surface area contributed by atoms with Crippen LogP contribution in [0.2, 0.25) is 0 Å². The van der Waals surface area contributed by atoms with Gasteiger partial charge in [0, 0.05) is 24.4 Å². The van der Waals surface area contributed by atoms with Gasteiger partial charge in [0.25, 0.3) is 5.56 Å². The van der Waals surface area contributed by atoms with Crippen LogP contribution in [0.15, 0.2) is 35.0 Å². The summed E-state index contributed by atoms with van der Waals surface area (Å²) in [5.41, 5.74) is 0.104. The Morgan fingerprint density at radius 2 is 2.40 bits per heavy atom. The molecule has 1 aromatic heterocycles. The molecule has 80 valence electrons. The minimum atomic E-state index is -0.950. The normalized spacial score (nSPS) is 11.4. The average molecular weight is 208 g/mol.